The average Bonchev–Trinajstić information content (AvgIpc) is 2.97. The van der Waals surface area contributed by atoms with Gasteiger partial charge in [-0.05, 0) is 37.3 Å². The molecule has 0 atom stereocenters. The van der Waals surface area contributed by atoms with Gasteiger partial charge in [-0.1, -0.05) is 0 Å². The van der Waals surface area contributed by atoms with Gasteiger partial charge < -0.3 is 9.64 Å². The third kappa shape index (κ3) is 3.14. The molecule has 0 saturated carbocycles. The number of carbonyl (C=O) groups excluding carboxylic acids is 1. The molecule has 2 rings (SSSR count). The molecule has 0 aliphatic carbocycles. The van der Waals surface area contributed by atoms with Crippen molar-refractivity contribution in [1.29, 1.82) is 0 Å². The molecule has 20 heavy (non-hydrogen) atoms. The van der Waals surface area contributed by atoms with Gasteiger partial charge in [-0.3, -0.25) is 10.1 Å². The van der Waals surface area contributed by atoms with Crippen molar-refractivity contribution in [2.45, 2.75) is 12.8 Å². The van der Waals surface area contributed by atoms with E-state index < -0.39 is 10.9 Å². The van der Waals surface area contributed by atoms with Gasteiger partial charge in [0.2, 0.25) is 0 Å². The topological polar surface area (TPSA) is 72.7 Å². The molecule has 6 nitrogen and oxygen atoms in total. The number of likely N-dealkylation sites (tertiary alicyclic amines) is 1. The Morgan fingerprint density at radius 2 is 2.10 bits per heavy atom. The van der Waals surface area contributed by atoms with E-state index in [0.29, 0.717) is 11.1 Å². The van der Waals surface area contributed by atoms with Crippen molar-refractivity contribution in [3.05, 3.63) is 45.6 Å². The van der Waals surface area contributed by atoms with Crippen molar-refractivity contribution in [2.24, 2.45) is 0 Å². The number of esters is 1. The average molecular weight is 276 g/mol. The molecule has 6 heteroatoms. The first-order valence-electron chi connectivity index (χ1n) is 6.41. The predicted octanol–water partition coefficient (Wildman–Crippen LogP) is 2.45. The SMILES string of the molecule is COC(=O)c1ccc([N+](=O)[O-])c(C=CN2CCCC2)c1. The minimum absolute atomic E-state index is 0.0203. The lowest BCUT2D eigenvalue weighted by Crippen LogP contribution is -2.10. The molecule has 1 aromatic rings. The van der Waals surface area contributed by atoms with E-state index in [4.69, 9.17) is 0 Å². The van der Waals surface area contributed by atoms with Gasteiger partial charge in [0.1, 0.15) is 0 Å². The van der Waals surface area contributed by atoms with E-state index in [-0.39, 0.29) is 5.69 Å². The normalized spacial score (nSPS) is 14.8. The molecule has 1 aliphatic rings. The summed E-state index contributed by atoms with van der Waals surface area (Å²) in [5.41, 5.74) is 0.692. The monoisotopic (exact) mass is 276 g/mol. The molecule has 0 bridgehead atoms. The summed E-state index contributed by atoms with van der Waals surface area (Å²) in [4.78, 5) is 24.1. The Bertz CT molecular complexity index is 548. The molecule has 1 saturated heterocycles. The Morgan fingerprint density at radius 1 is 1.40 bits per heavy atom. The maximum atomic E-state index is 11.5. The second-order valence-electron chi connectivity index (χ2n) is 4.58. The lowest BCUT2D eigenvalue weighted by Gasteiger charge is -2.10. The fourth-order valence-electron chi connectivity index (χ4n) is 2.18. The third-order valence-corrected chi connectivity index (χ3v) is 3.25. The molecule has 1 aliphatic heterocycles. The van der Waals surface area contributed by atoms with Crippen LogP contribution in [0.1, 0.15) is 28.8 Å². The zero-order chi connectivity index (χ0) is 14.5. The predicted molar refractivity (Wildman–Crippen MR) is 74.3 cm³/mol. The smallest absolute Gasteiger partial charge is 0.337 e. The fourth-order valence-corrected chi connectivity index (χ4v) is 2.18. The van der Waals surface area contributed by atoms with Crippen LogP contribution in [0.25, 0.3) is 6.08 Å². The van der Waals surface area contributed by atoms with Crippen LogP contribution in [0.15, 0.2) is 24.4 Å². The summed E-state index contributed by atoms with van der Waals surface area (Å²) in [5.74, 6) is -0.504. The Kier molecular flexibility index (Phi) is 4.34. The van der Waals surface area contributed by atoms with E-state index in [1.165, 1.54) is 25.3 Å². The number of carbonyl (C=O) groups is 1. The summed E-state index contributed by atoms with van der Waals surface area (Å²) in [6.45, 7) is 1.92. The molecule has 1 fully saturated rings. The number of nitro benzene ring substituents is 1. The van der Waals surface area contributed by atoms with Gasteiger partial charge in [0, 0.05) is 19.2 Å². The van der Waals surface area contributed by atoms with Crippen LogP contribution >= 0.6 is 0 Å². The number of nitrogens with zero attached hydrogens (tertiary/aromatic N) is 2. The second-order valence-corrected chi connectivity index (χ2v) is 4.58. The Morgan fingerprint density at radius 3 is 2.70 bits per heavy atom. The minimum Gasteiger partial charge on any atom is -0.465 e. The summed E-state index contributed by atoms with van der Waals surface area (Å²) in [6.07, 6.45) is 5.79. The van der Waals surface area contributed by atoms with E-state index in [0.717, 1.165) is 25.9 Å². The van der Waals surface area contributed by atoms with E-state index in [2.05, 4.69) is 9.64 Å². The second kappa shape index (κ2) is 6.18. The Hall–Kier alpha value is -2.37. The van der Waals surface area contributed by atoms with Gasteiger partial charge in [-0.2, -0.15) is 0 Å². The first kappa shape index (κ1) is 14.0. The van der Waals surface area contributed by atoms with E-state index in [9.17, 15) is 14.9 Å². The molecule has 0 spiro atoms. The molecule has 1 aromatic carbocycles. The molecular formula is C14H16N2O4. The van der Waals surface area contributed by atoms with Crippen molar-refractivity contribution < 1.29 is 14.5 Å². The summed E-state index contributed by atoms with van der Waals surface area (Å²) in [6, 6.07) is 4.21. The lowest BCUT2D eigenvalue weighted by molar-refractivity contribution is -0.385. The van der Waals surface area contributed by atoms with E-state index in [1.54, 1.807) is 6.08 Å². The third-order valence-electron chi connectivity index (χ3n) is 3.25. The first-order valence-corrected chi connectivity index (χ1v) is 6.41. The first-order chi connectivity index (χ1) is 9.61. The van der Waals surface area contributed by atoms with Crippen LogP contribution in [0.3, 0.4) is 0 Å². The van der Waals surface area contributed by atoms with E-state index in [1.807, 2.05) is 6.20 Å². The van der Waals surface area contributed by atoms with Crippen LogP contribution < -0.4 is 0 Å². The maximum Gasteiger partial charge on any atom is 0.337 e. The van der Waals surface area contributed by atoms with Crippen LogP contribution in [-0.4, -0.2) is 36.0 Å². The lowest BCUT2D eigenvalue weighted by atomic mass is 10.1. The summed E-state index contributed by atoms with van der Waals surface area (Å²) >= 11 is 0. The summed E-state index contributed by atoms with van der Waals surface area (Å²) in [7, 11) is 1.28. The van der Waals surface area contributed by atoms with Crippen LogP contribution in [0.5, 0.6) is 0 Å². The van der Waals surface area contributed by atoms with Gasteiger partial charge >= 0.3 is 5.97 Å². The van der Waals surface area contributed by atoms with Gasteiger partial charge in [0.25, 0.3) is 5.69 Å². The number of rotatable bonds is 4. The fraction of sp³-hybridized carbons (Fsp3) is 0.357. The highest BCUT2D eigenvalue weighted by Gasteiger charge is 2.16. The molecule has 0 N–H and O–H groups in total. The molecule has 0 unspecified atom stereocenters. The van der Waals surface area contributed by atoms with Crippen LogP contribution in [-0.2, 0) is 4.74 Å². The molecule has 106 valence electrons. The highest BCUT2D eigenvalue weighted by molar-refractivity contribution is 5.90. The van der Waals surface area contributed by atoms with Crippen LogP contribution in [0.4, 0.5) is 5.69 Å². The molecule has 0 radical (unpaired) electrons. The van der Waals surface area contributed by atoms with Crippen molar-refractivity contribution in [3.8, 4) is 0 Å². The van der Waals surface area contributed by atoms with Crippen molar-refractivity contribution in [2.75, 3.05) is 20.2 Å². The minimum atomic E-state index is -0.504. The number of hydrogen-bond donors (Lipinski definition) is 0. The number of benzene rings is 1. The van der Waals surface area contributed by atoms with E-state index >= 15 is 0 Å². The zero-order valence-electron chi connectivity index (χ0n) is 11.2. The quantitative estimate of drug-likeness (QED) is 0.480. The summed E-state index contributed by atoms with van der Waals surface area (Å²) < 4.78 is 4.63. The van der Waals surface area contributed by atoms with Crippen LogP contribution in [0.2, 0.25) is 0 Å². The molecule has 1 heterocycles. The standard InChI is InChI=1S/C14H16N2O4/c1-20-14(17)12-4-5-13(16(18)19)11(10-12)6-9-15-7-2-3-8-15/h4-6,9-10H,2-3,7-8H2,1H3. The molecule has 0 aromatic heterocycles. The Labute approximate surface area is 116 Å². The highest BCUT2D eigenvalue weighted by Crippen LogP contribution is 2.22. The largest absolute Gasteiger partial charge is 0.465 e. The Balaban J connectivity index is 2.31. The van der Waals surface area contributed by atoms with Crippen LogP contribution in [0, 0.1) is 10.1 Å². The van der Waals surface area contributed by atoms with Crippen molar-refractivity contribution in [1.82, 2.24) is 4.90 Å². The van der Waals surface area contributed by atoms with Crippen molar-refractivity contribution >= 4 is 17.7 Å². The number of ether oxygens (including phenoxy) is 1. The number of nitro groups is 1. The summed E-state index contributed by atoms with van der Waals surface area (Å²) in [5, 5.41) is 11.0. The van der Waals surface area contributed by atoms with Gasteiger partial charge in [-0.25, -0.2) is 4.79 Å². The van der Waals surface area contributed by atoms with Crippen molar-refractivity contribution in [3.63, 3.8) is 0 Å². The molecule has 0 amide bonds. The van der Waals surface area contributed by atoms with Gasteiger partial charge in [0.05, 0.1) is 23.2 Å². The zero-order valence-corrected chi connectivity index (χ0v) is 11.2. The number of hydrogen-bond acceptors (Lipinski definition) is 5. The van der Waals surface area contributed by atoms with Gasteiger partial charge in [0.15, 0.2) is 0 Å². The molecular weight excluding hydrogens is 260 g/mol. The maximum absolute atomic E-state index is 11.5. The highest BCUT2D eigenvalue weighted by atomic mass is 16.6. The van der Waals surface area contributed by atoms with Gasteiger partial charge in [-0.15, -0.1) is 0 Å². The number of methoxy groups -OCH3 is 1.